The van der Waals surface area contributed by atoms with Crippen LogP contribution in [-0.4, -0.2) is 29.0 Å². The van der Waals surface area contributed by atoms with Gasteiger partial charge in [0.2, 0.25) is 0 Å². The summed E-state index contributed by atoms with van der Waals surface area (Å²) in [6, 6.07) is 5.90. The lowest BCUT2D eigenvalue weighted by atomic mass is 10.2. The standard InChI is InChI=1S/C13H16ClIN2O2S/c1-13(2,20(3,18)19)8-17-11-5-4-9(15)6-10(11)16-12(17)7-14/h4-6H,7-8H2,1-3H3. The molecular weight excluding hydrogens is 411 g/mol. The highest BCUT2D eigenvalue weighted by Gasteiger charge is 2.32. The van der Waals surface area contributed by atoms with Crippen LogP contribution >= 0.6 is 34.2 Å². The zero-order valence-corrected chi connectivity index (χ0v) is 15.3. The minimum atomic E-state index is -3.17. The molecule has 2 rings (SSSR count). The Kier molecular flexibility index (Phi) is 4.37. The predicted molar refractivity (Wildman–Crippen MR) is 90.9 cm³/mol. The van der Waals surface area contributed by atoms with Gasteiger partial charge in [0, 0.05) is 16.4 Å². The van der Waals surface area contributed by atoms with E-state index in [4.69, 9.17) is 11.6 Å². The lowest BCUT2D eigenvalue weighted by Gasteiger charge is -2.24. The Morgan fingerprint density at radius 2 is 2.05 bits per heavy atom. The zero-order chi connectivity index (χ0) is 15.1. The summed E-state index contributed by atoms with van der Waals surface area (Å²) in [5, 5.41) is 0. The summed E-state index contributed by atoms with van der Waals surface area (Å²) in [5.74, 6) is 0.950. The maximum Gasteiger partial charge on any atom is 0.154 e. The molecule has 7 heteroatoms. The lowest BCUT2D eigenvalue weighted by molar-refractivity contribution is 0.503. The molecule has 0 unspecified atom stereocenters. The molecule has 20 heavy (non-hydrogen) atoms. The molecular formula is C13H16ClIN2O2S. The summed E-state index contributed by atoms with van der Waals surface area (Å²) in [5.41, 5.74) is 1.76. The fourth-order valence-electron chi connectivity index (χ4n) is 1.93. The number of sulfone groups is 1. The van der Waals surface area contributed by atoms with Crippen LogP contribution in [0, 0.1) is 3.57 Å². The monoisotopic (exact) mass is 426 g/mol. The molecule has 0 radical (unpaired) electrons. The Morgan fingerprint density at radius 3 is 2.60 bits per heavy atom. The highest BCUT2D eigenvalue weighted by Crippen LogP contribution is 2.25. The van der Waals surface area contributed by atoms with E-state index >= 15 is 0 Å². The molecule has 0 fully saturated rings. The van der Waals surface area contributed by atoms with Crippen LogP contribution in [0.3, 0.4) is 0 Å². The number of hydrogen-bond acceptors (Lipinski definition) is 3. The van der Waals surface area contributed by atoms with Crippen LogP contribution < -0.4 is 0 Å². The molecule has 1 aromatic carbocycles. The van der Waals surface area contributed by atoms with E-state index < -0.39 is 14.6 Å². The maximum atomic E-state index is 11.9. The van der Waals surface area contributed by atoms with Gasteiger partial charge in [-0.2, -0.15) is 0 Å². The summed E-state index contributed by atoms with van der Waals surface area (Å²) in [6.07, 6.45) is 1.26. The van der Waals surface area contributed by atoms with Crippen molar-refractivity contribution in [1.29, 1.82) is 0 Å². The molecule has 4 nitrogen and oxygen atoms in total. The Labute approximate surface area is 137 Å². The molecule has 0 saturated heterocycles. The molecule has 1 heterocycles. The largest absolute Gasteiger partial charge is 0.325 e. The minimum absolute atomic E-state index is 0.255. The Morgan fingerprint density at radius 1 is 1.40 bits per heavy atom. The molecule has 0 aliphatic rings. The average Bonchev–Trinajstić information content (AvgIpc) is 2.64. The fourth-order valence-corrected chi connectivity index (χ4v) is 2.97. The quantitative estimate of drug-likeness (QED) is 0.557. The number of nitrogens with zero attached hydrogens (tertiary/aromatic N) is 2. The number of imidazole rings is 1. The zero-order valence-electron chi connectivity index (χ0n) is 11.5. The normalized spacial score (nSPS) is 13.1. The van der Waals surface area contributed by atoms with Crippen molar-refractivity contribution >= 4 is 55.1 Å². The first-order valence-electron chi connectivity index (χ1n) is 6.06. The first-order chi connectivity index (χ1) is 9.15. The van der Waals surface area contributed by atoms with Crippen LogP contribution in [0.5, 0.6) is 0 Å². The van der Waals surface area contributed by atoms with E-state index in [-0.39, 0.29) is 5.88 Å². The van der Waals surface area contributed by atoms with Gasteiger partial charge < -0.3 is 4.57 Å². The van der Waals surface area contributed by atoms with Crippen molar-refractivity contribution in [2.24, 2.45) is 0 Å². The van der Waals surface area contributed by atoms with Crippen LogP contribution in [0.15, 0.2) is 18.2 Å². The van der Waals surface area contributed by atoms with E-state index in [2.05, 4.69) is 27.6 Å². The van der Waals surface area contributed by atoms with Gasteiger partial charge >= 0.3 is 0 Å². The van der Waals surface area contributed by atoms with E-state index in [9.17, 15) is 8.42 Å². The van der Waals surface area contributed by atoms with E-state index in [1.807, 2.05) is 22.8 Å². The topological polar surface area (TPSA) is 52.0 Å². The van der Waals surface area contributed by atoms with E-state index in [1.54, 1.807) is 13.8 Å². The second-order valence-electron chi connectivity index (χ2n) is 5.41. The summed E-state index contributed by atoms with van der Waals surface area (Å²) in [6.45, 7) is 3.78. The third-order valence-corrected chi connectivity index (χ3v) is 6.50. The van der Waals surface area contributed by atoms with Crippen molar-refractivity contribution in [1.82, 2.24) is 9.55 Å². The highest BCUT2D eigenvalue weighted by molar-refractivity contribution is 14.1. The number of halogens is 2. The molecule has 0 N–H and O–H groups in total. The average molecular weight is 427 g/mol. The minimum Gasteiger partial charge on any atom is -0.325 e. The molecule has 1 aromatic heterocycles. The van der Waals surface area contributed by atoms with Gasteiger partial charge in [-0.15, -0.1) is 11.6 Å². The van der Waals surface area contributed by atoms with Gasteiger partial charge in [0.05, 0.1) is 21.7 Å². The SMILES string of the molecule is CC(C)(Cn1c(CCl)nc2cc(I)ccc21)S(C)(=O)=O. The van der Waals surface area contributed by atoms with Crippen molar-refractivity contribution in [3.63, 3.8) is 0 Å². The van der Waals surface area contributed by atoms with Crippen LogP contribution in [0.1, 0.15) is 19.7 Å². The summed E-state index contributed by atoms with van der Waals surface area (Å²) >= 11 is 8.18. The number of hydrogen-bond donors (Lipinski definition) is 0. The van der Waals surface area contributed by atoms with Gasteiger partial charge in [-0.05, 0) is 54.6 Å². The number of aromatic nitrogens is 2. The maximum absolute atomic E-state index is 11.9. The van der Waals surface area contributed by atoms with E-state index in [0.717, 1.165) is 14.6 Å². The van der Waals surface area contributed by atoms with Crippen LogP contribution in [-0.2, 0) is 22.3 Å². The molecule has 0 atom stereocenters. The summed E-state index contributed by atoms with van der Waals surface area (Å²) in [4.78, 5) is 4.49. The van der Waals surface area contributed by atoms with Crippen LogP contribution in [0.25, 0.3) is 11.0 Å². The van der Waals surface area contributed by atoms with Gasteiger partial charge in [0.1, 0.15) is 5.82 Å². The second-order valence-corrected chi connectivity index (χ2v) is 9.58. The Balaban J connectivity index is 2.59. The number of benzene rings is 1. The number of alkyl halides is 1. The van der Waals surface area contributed by atoms with Gasteiger partial charge in [-0.3, -0.25) is 0 Å². The number of rotatable bonds is 4. The molecule has 0 spiro atoms. The first kappa shape index (κ1) is 16.0. The summed E-state index contributed by atoms with van der Waals surface area (Å²) in [7, 11) is -3.17. The van der Waals surface area contributed by atoms with Crippen molar-refractivity contribution < 1.29 is 8.42 Å². The Hall–Kier alpha value is -0.340. The van der Waals surface area contributed by atoms with Crippen molar-refractivity contribution in [3.8, 4) is 0 Å². The highest BCUT2D eigenvalue weighted by atomic mass is 127. The molecule has 0 aliphatic carbocycles. The molecule has 0 amide bonds. The third-order valence-electron chi connectivity index (χ3n) is 3.45. The Bertz CT molecular complexity index is 753. The summed E-state index contributed by atoms with van der Waals surface area (Å²) < 4.78 is 25.9. The second kappa shape index (κ2) is 5.46. The van der Waals surface area contributed by atoms with Gasteiger partial charge in [0.15, 0.2) is 9.84 Å². The van der Waals surface area contributed by atoms with Crippen LogP contribution in [0.4, 0.5) is 0 Å². The van der Waals surface area contributed by atoms with Gasteiger partial charge in [-0.25, -0.2) is 13.4 Å². The smallest absolute Gasteiger partial charge is 0.154 e. The van der Waals surface area contributed by atoms with Crippen molar-refractivity contribution in [2.75, 3.05) is 6.26 Å². The third kappa shape index (κ3) is 2.96. The molecule has 0 bridgehead atoms. The van der Waals surface area contributed by atoms with Crippen molar-refractivity contribution in [2.45, 2.75) is 31.0 Å². The molecule has 2 aromatic rings. The predicted octanol–water partition coefficient (Wildman–Crippen LogP) is 3.20. The van der Waals surface area contributed by atoms with Gasteiger partial charge in [0.25, 0.3) is 0 Å². The van der Waals surface area contributed by atoms with Crippen LogP contribution in [0.2, 0.25) is 0 Å². The fraction of sp³-hybridized carbons (Fsp3) is 0.462. The molecule has 0 saturated carbocycles. The lowest BCUT2D eigenvalue weighted by Crippen LogP contribution is -2.36. The molecule has 110 valence electrons. The van der Waals surface area contributed by atoms with E-state index in [0.29, 0.717) is 12.4 Å². The first-order valence-corrected chi connectivity index (χ1v) is 9.56. The van der Waals surface area contributed by atoms with Gasteiger partial charge in [-0.1, -0.05) is 0 Å². The van der Waals surface area contributed by atoms with Crippen molar-refractivity contribution in [3.05, 3.63) is 27.6 Å². The number of fused-ring (bicyclic) bond motifs is 1. The van der Waals surface area contributed by atoms with E-state index in [1.165, 1.54) is 6.26 Å². The molecule has 0 aliphatic heterocycles.